The highest BCUT2D eigenvalue weighted by Crippen LogP contribution is 2.68. The standard InChI is InChI=1S/C33H48Cl2O14/c1-31-8-5-22(49-30(40)47-18-14-43-12-16-45-28(35)38)19-21(31)3-4-23-24(31)6-9-32(2)25(23)7-10-33(32,41)26(36)20-48-29(39)46-17-13-42-11-15-44-27(34)37/h21-25,41H,3-20H2,1-2H3/t21-,22-,23?,24?,25?,31?,32?,33+/m1/s1. The molecule has 5 unspecified atom stereocenters. The van der Waals surface area contributed by atoms with Crippen LogP contribution in [0.1, 0.15) is 71.6 Å². The number of rotatable bonds is 16. The average Bonchev–Trinajstić information content (AvgIpc) is 3.33. The van der Waals surface area contributed by atoms with Gasteiger partial charge in [0, 0.05) is 28.6 Å². The molecule has 14 nitrogen and oxygen atoms in total. The highest BCUT2D eigenvalue weighted by atomic mass is 35.5. The smallest absolute Gasteiger partial charge is 0.451 e. The lowest BCUT2D eigenvalue weighted by molar-refractivity contribution is -0.174. The number of hydrogen-bond donors (Lipinski definition) is 1. The second kappa shape index (κ2) is 17.7. The Morgan fingerprint density at radius 3 is 1.84 bits per heavy atom. The molecule has 0 amide bonds. The van der Waals surface area contributed by atoms with Gasteiger partial charge < -0.3 is 43.0 Å². The monoisotopic (exact) mass is 738 g/mol. The predicted octanol–water partition coefficient (Wildman–Crippen LogP) is 5.79. The molecule has 0 aromatic rings. The molecule has 0 aliphatic heterocycles. The van der Waals surface area contributed by atoms with Crippen LogP contribution in [0.15, 0.2) is 0 Å². The van der Waals surface area contributed by atoms with E-state index >= 15 is 0 Å². The van der Waals surface area contributed by atoms with Crippen molar-refractivity contribution in [3.05, 3.63) is 0 Å². The van der Waals surface area contributed by atoms with Crippen molar-refractivity contribution < 1.29 is 67.0 Å². The van der Waals surface area contributed by atoms with E-state index in [4.69, 9.17) is 51.6 Å². The molecule has 4 aliphatic rings. The first-order valence-corrected chi connectivity index (χ1v) is 17.7. The summed E-state index contributed by atoms with van der Waals surface area (Å²) in [6.45, 7) is 4.05. The Bertz CT molecular complexity index is 1190. The molecule has 4 aliphatic carbocycles. The maximum Gasteiger partial charge on any atom is 0.508 e. The van der Waals surface area contributed by atoms with E-state index in [0.29, 0.717) is 30.6 Å². The van der Waals surface area contributed by atoms with Crippen LogP contribution < -0.4 is 0 Å². The summed E-state index contributed by atoms with van der Waals surface area (Å²) in [5.74, 6) is 0.817. The Balaban J connectivity index is 1.21. The number of hydrogen-bond acceptors (Lipinski definition) is 14. The summed E-state index contributed by atoms with van der Waals surface area (Å²) in [7, 11) is 0. The third-order valence-corrected chi connectivity index (χ3v) is 11.8. The van der Waals surface area contributed by atoms with Crippen LogP contribution in [0, 0.1) is 34.5 Å². The van der Waals surface area contributed by atoms with Crippen LogP contribution >= 0.6 is 23.2 Å². The first-order valence-electron chi connectivity index (χ1n) is 17.0. The van der Waals surface area contributed by atoms with Crippen LogP contribution in [-0.2, 0) is 42.7 Å². The van der Waals surface area contributed by atoms with E-state index in [1.165, 1.54) is 0 Å². The fourth-order valence-corrected chi connectivity index (χ4v) is 9.34. The molecule has 8 atom stereocenters. The molecule has 49 heavy (non-hydrogen) atoms. The quantitative estimate of drug-likeness (QED) is 0.0870. The predicted molar refractivity (Wildman–Crippen MR) is 171 cm³/mol. The Hall–Kier alpha value is -2.39. The summed E-state index contributed by atoms with van der Waals surface area (Å²) in [6, 6.07) is 0. The Labute approximate surface area is 296 Å². The topological polar surface area (TPSA) is 179 Å². The van der Waals surface area contributed by atoms with Gasteiger partial charge in [-0.25, -0.2) is 19.2 Å². The fraction of sp³-hybridized carbons (Fsp3) is 0.848. The van der Waals surface area contributed by atoms with E-state index in [0.717, 1.165) is 44.9 Å². The SMILES string of the molecule is CC12CC[C@@H](OC(=O)OCCOCCOC(=O)Cl)C[C@H]1CCC1C2CCC2(C)C1CC[C@]2(O)C(=O)COC(=O)OCCOCCOC(=O)Cl. The van der Waals surface area contributed by atoms with Crippen LogP contribution in [0.3, 0.4) is 0 Å². The maximum absolute atomic E-state index is 13.4. The minimum Gasteiger partial charge on any atom is -0.451 e. The molecule has 0 heterocycles. The van der Waals surface area contributed by atoms with Crippen molar-refractivity contribution in [3.63, 3.8) is 0 Å². The van der Waals surface area contributed by atoms with Gasteiger partial charge in [-0.1, -0.05) is 13.8 Å². The van der Waals surface area contributed by atoms with Gasteiger partial charge in [-0.3, -0.25) is 4.79 Å². The minimum atomic E-state index is -1.60. The van der Waals surface area contributed by atoms with Crippen molar-refractivity contribution in [2.75, 3.05) is 59.5 Å². The van der Waals surface area contributed by atoms with Crippen LogP contribution in [0.4, 0.5) is 19.2 Å². The molecule has 1 N–H and O–H groups in total. The third kappa shape index (κ3) is 9.69. The van der Waals surface area contributed by atoms with Crippen molar-refractivity contribution in [2.24, 2.45) is 34.5 Å². The molecule has 0 saturated heterocycles. The van der Waals surface area contributed by atoms with Crippen LogP contribution in [-0.4, -0.2) is 105 Å². The van der Waals surface area contributed by atoms with Gasteiger partial charge in [0.05, 0.1) is 26.4 Å². The number of fused-ring (bicyclic) bond motifs is 5. The van der Waals surface area contributed by atoms with E-state index in [1.54, 1.807) is 0 Å². The van der Waals surface area contributed by atoms with E-state index in [9.17, 15) is 29.1 Å². The van der Waals surface area contributed by atoms with Gasteiger partial charge >= 0.3 is 23.2 Å². The van der Waals surface area contributed by atoms with E-state index < -0.39 is 46.6 Å². The number of ether oxygens (including phenoxy) is 8. The van der Waals surface area contributed by atoms with Crippen molar-refractivity contribution in [2.45, 2.75) is 83.3 Å². The number of ketones is 1. The van der Waals surface area contributed by atoms with Crippen molar-refractivity contribution in [1.82, 2.24) is 0 Å². The summed E-state index contributed by atoms with van der Waals surface area (Å²) >= 11 is 10.1. The minimum absolute atomic E-state index is 0.0156. The maximum atomic E-state index is 13.4. The zero-order chi connectivity index (χ0) is 35.7. The molecule has 4 rings (SSSR count). The lowest BCUT2D eigenvalue weighted by atomic mass is 9.44. The molecule has 16 heteroatoms. The van der Waals surface area contributed by atoms with Gasteiger partial charge in [0.1, 0.15) is 38.1 Å². The van der Waals surface area contributed by atoms with Gasteiger partial charge in [-0.2, -0.15) is 0 Å². The van der Waals surface area contributed by atoms with Gasteiger partial charge in [-0.15, -0.1) is 0 Å². The number of aliphatic hydroxyl groups is 1. The molecule has 0 bridgehead atoms. The molecular weight excluding hydrogens is 691 g/mol. The van der Waals surface area contributed by atoms with Crippen molar-refractivity contribution >= 4 is 52.2 Å². The molecule has 0 radical (unpaired) electrons. The van der Waals surface area contributed by atoms with Gasteiger partial charge in [0.15, 0.2) is 6.61 Å². The van der Waals surface area contributed by atoms with Crippen molar-refractivity contribution in [1.29, 1.82) is 0 Å². The normalized spacial score (nSPS) is 33.2. The lowest BCUT2D eigenvalue weighted by Crippen LogP contribution is -2.59. The Kier molecular flexibility index (Phi) is 14.2. The molecule has 278 valence electrons. The highest BCUT2D eigenvalue weighted by Gasteiger charge is 2.66. The molecule has 0 aromatic carbocycles. The van der Waals surface area contributed by atoms with E-state index in [2.05, 4.69) is 16.4 Å². The second-order valence-electron chi connectivity index (χ2n) is 13.8. The molecule has 0 aromatic heterocycles. The number of Topliss-reactive ketones (excluding diaryl/α,β-unsaturated/α-hetero) is 1. The average molecular weight is 740 g/mol. The molecular formula is C33H48Cl2O14. The Morgan fingerprint density at radius 2 is 1.22 bits per heavy atom. The van der Waals surface area contributed by atoms with Gasteiger partial charge in [0.2, 0.25) is 5.78 Å². The summed E-state index contributed by atoms with van der Waals surface area (Å²) in [5, 5.41) is 11.9. The number of carbonyl (C=O) groups is 5. The zero-order valence-electron chi connectivity index (χ0n) is 28.1. The zero-order valence-corrected chi connectivity index (χ0v) is 29.6. The summed E-state index contributed by atoms with van der Waals surface area (Å²) < 4.78 is 40.3. The number of carbonyl (C=O) groups excluding carboxylic acids is 5. The number of halogens is 2. The Morgan fingerprint density at radius 1 is 0.653 bits per heavy atom. The molecule has 0 spiro atoms. The van der Waals surface area contributed by atoms with Crippen molar-refractivity contribution in [3.8, 4) is 0 Å². The first-order chi connectivity index (χ1) is 23.3. The van der Waals surface area contributed by atoms with E-state index in [-0.39, 0.29) is 70.3 Å². The lowest BCUT2D eigenvalue weighted by Gasteiger charge is -2.61. The summed E-state index contributed by atoms with van der Waals surface area (Å²) in [5.41, 5.74) is -4.02. The van der Waals surface area contributed by atoms with E-state index in [1.807, 2.05) is 6.92 Å². The van der Waals surface area contributed by atoms with Gasteiger partial charge in [0.25, 0.3) is 0 Å². The second-order valence-corrected chi connectivity index (χ2v) is 14.4. The van der Waals surface area contributed by atoms with Crippen LogP contribution in [0.25, 0.3) is 0 Å². The summed E-state index contributed by atoms with van der Waals surface area (Å²) in [4.78, 5) is 58.9. The fourth-order valence-electron chi connectivity index (χ4n) is 9.19. The largest absolute Gasteiger partial charge is 0.508 e. The third-order valence-electron chi connectivity index (χ3n) is 11.6. The van der Waals surface area contributed by atoms with Crippen LogP contribution in [0.2, 0.25) is 0 Å². The van der Waals surface area contributed by atoms with Gasteiger partial charge in [-0.05, 0) is 86.9 Å². The molecule has 4 saturated carbocycles. The molecule has 4 fully saturated rings. The first kappa shape index (κ1) is 39.4. The highest BCUT2D eigenvalue weighted by molar-refractivity contribution is 6.61. The summed E-state index contributed by atoms with van der Waals surface area (Å²) in [6.07, 6.45) is 4.99. The van der Waals surface area contributed by atoms with Crippen LogP contribution in [0.5, 0.6) is 0 Å².